The zero-order valence-corrected chi connectivity index (χ0v) is 14.7. The molecule has 0 saturated heterocycles. The number of hydrogen-bond donors (Lipinski definition) is 0. The van der Waals surface area contributed by atoms with Crippen LogP contribution in [0.1, 0.15) is 0 Å². The highest BCUT2D eigenvalue weighted by atomic mass is 32.1. The first-order valence-electron chi connectivity index (χ1n) is 7.75. The van der Waals surface area contributed by atoms with Crippen LogP contribution in [0.3, 0.4) is 0 Å². The second kappa shape index (κ2) is 7.81. The van der Waals surface area contributed by atoms with Gasteiger partial charge in [-0.05, 0) is 24.3 Å². The molecule has 0 N–H and O–H groups in total. The molecule has 1 aromatic heterocycles. The van der Waals surface area contributed by atoms with Crippen LogP contribution in [0.4, 0.5) is 0 Å². The van der Waals surface area contributed by atoms with Crippen LogP contribution in [0.2, 0.25) is 0 Å². The average molecular weight is 354 g/mol. The number of thiazole rings is 1. The summed E-state index contributed by atoms with van der Waals surface area (Å²) in [6.07, 6.45) is 1.79. The number of benzene rings is 2. The fourth-order valence-corrected chi connectivity index (χ4v) is 3.44. The van der Waals surface area contributed by atoms with Crippen molar-refractivity contribution in [3.63, 3.8) is 0 Å². The number of ether oxygens (including phenoxy) is 2. The lowest BCUT2D eigenvalue weighted by atomic mass is 10.3. The molecule has 3 aromatic rings. The molecule has 0 fully saturated rings. The number of amides is 1. The Balaban J connectivity index is 1.82. The molecule has 0 unspecified atom stereocenters. The Hall–Kier alpha value is -2.86. The quantitative estimate of drug-likeness (QED) is 0.638. The molecule has 6 heteroatoms. The standard InChI is InChI=1S/C19H18N2O3S/c1-3-11-21-16-9-4-5-10-17(16)25-19(21)20-18(22)13-24-15-8-6-7-14(12-15)23-2/h3-10,12H,1,11,13H2,2H3. The van der Waals surface area contributed by atoms with Crippen LogP contribution in [-0.4, -0.2) is 24.2 Å². The van der Waals surface area contributed by atoms with Gasteiger partial charge in [-0.25, -0.2) is 0 Å². The summed E-state index contributed by atoms with van der Waals surface area (Å²) in [5.41, 5.74) is 1.03. The highest BCUT2D eigenvalue weighted by molar-refractivity contribution is 7.16. The first kappa shape index (κ1) is 17.0. The summed E-state index contributed by atoms with van der Waals surface area (Å²) >= 11 is 1.47. The topological polar surface area (TPSA) is 52.8 Å². The van der Waals surface area contributed by atoms with Gasteiger partial charge in [0.1, 0.15) is 11.5 Å². The molecule has 128 valence electrons. The monoisotopic (exact) mass is 354 g/mol. The molecule has 0 aliphatic rings. The molecule has 5 nitrogen and oxygen atoms in total. The normalized spacial score (nSPS) is 11.5. The van der Waals surface area contributed by atoms with Crippen molar-refractivity contribution < 1.29 is 14.3 Å². The highest BCUT2D eigenvalue weighted by Gasteiger charge is 2.07. The highest BCUT2D eigenvalue weighted by Crippen LogP contribution is 2.19. The summed E-state index contributed by atoms with van der Waals surface area (Å²) in [6.45, 7) is 4.24. The Bertz CT molecular complexity index is 972. The van der Waals surface area contributed by atoms with Gasteiger partial charge in [-0.3, -0.25) is 4.79 Å². The van der Waals surface area contributed by atoms with Gasteiger partial charge in [0.15, 0.2) is 11.4 Å². The summed E-state index contributed by atoms with van der Waals surface area (Å²) in [7, 11) is 1.58. The van der Waals surface area contributed by atoms with Gasteiger partial charge >= 0.3 is 0 Å². The van der Waals surface area contributed by atoms with Gasteiger partial charge in [0.2, 0.25) is 0 Å². The second-order valence-corrected chi connectivity index (χ2v) is 6.23. The van der Waals surface area contributed by atoms with E-state index in [1.54, 1.807) is 31.4 Å². The molecule has 3 rings (SSSR count). The number of aromatic nitrogens is 1. The van der Waals surface area contributed by atoms with E-state index in [-0.39, 0.29) is 12.5 Å². The summed E-state index contributed by atoms with van der Waals surface area (Å²) in [5.74, 6) is 0.903. The van der Waals surface area contributed by atoms with Crippen LogP contribution in [0.25, 0.3) is 10.2 Å². The summed E-state index contributed by atoms with van der Waals surface area (Å²) < 4.78 is 13.7. The maximum atomic E-state index is 12.2. The number of carbonyl (C=O) groups excluding carboxylic acids is 1. The van der Waals surface area contributed by atoms with Gasteiger partial charge in [0.25, 0.3) is 5.91 Å². The second-order valence-electron chi connectivity index (χ2n) is 5.22. The van der Waals surface area contributed by atoms with E-state index >= 15 is 0 Å². The molecule has 1 heterocycles. The van der Waals surface area contributed by atoms with Crippen molar-refractivity contribution in [2.45, 2.75) is 6.54 Å². The molecule has 0 radical (unpaired) electrons. The fraction of sp³-hybridized carbons (Fsp3) is 0.158. The Morgan fingerprint density at radius 2 is 2.04 bits per heavy atom. The summed E-state index contributed by atoms with van der Waals surface area (Å²) in [5, 5.41) is 0. The Kier molecular flexibility index (Phi) is 5.30. The Morgan fingerprint density at radius 1 is 1.24 bits per heavy atom. The van der Waals surface area contributed by atoms with Crippen molar-refractivity contribution in [2.75, 3.05) is 13.7 Å². The van der Waals surface area contributed by atoms with Crippen molar-refractivity contribution >= 4 is 27.5 Å². The van der Waals surface area contributed by atoms with E-state index in [0.717, 1.165) is 10.2 Å². The van der Waals surface area contributed by atoms with E-state index in [1.165, 1.54) is 11.3 Å². The molecule has 0 atom stereocenters. The van der Waals surface area contributed by atoms with Crippen molar-refractivity contribution in [3.8, 4) is 11.5 Å². The largest absolute Gasteiger partial charge is 0.497 e. The van der Waals surface area contributed by atoms with Crippen molar-refractivity contribution in [2.24, 2.45) is 4.99 Å². The van der Waals surface area contributed by atoms with Gasteiger partial charge in [-0.15, -0.1) is 6.58 Å². The number of carbonyl (C=O) groups is 1. The van der Waals surface area contributed by atoms with E-state index in [0.29, 0.717) is 22.8 Å². The number of para-hydroxylation sites is 1. The smallest absolute Gasteiger partial charge is 0.286 e. The molecule has 0 spiro atoms. The van der Waals surface area contributed by atoms with E-state index in [1.807, 2.05) is 34.9 Å². The zero-order valence-electron chi connectivity index (χ0n) is 13.8. The minimum absolute atomic E-state index is 0.129. The first-order valence-corrected chi connectivity index (χ1v) is 8.56. The van der Waals surface area contributed by atoms with Crippen LogP contribution in [0.5, 0.6) is 11.5 Å². The Morgan fingerprint density at radius 3 is 2.84 bits per heavy atom. The minimum Gasteiger partial charge on any atom is -0.497 e. The molecule has 0 saturated carbocycles. The van der Waals surface area contributed by atoms with Gasteiger partial charge < -0.3 is 14.0 Å². The SMILES string of the molecule is C=CCn1c(=NC(=O)COc2cccc(OC)c2)sc2ccccc21. The van der Waals surface area contributed by atoms with Crippen molar-refractivity contribution in [3.05, 3.63) is 66.0 Å². The fourth-order valence-electron chi connectivity index (χ4n) is 2.39. The number of methoxy groups -OCH3 is 1. The summed E-state index contributed by atoms with van der Waals surface area (Å²) in [4.78, 5) is 17.1. The third-order valence-corrected chi connectivity index (χ3v) is 4.58. The number of rotatable bonds is 6. The molecule has 2 aromatic carbocycles. The van der Waals surface area contributed by atoms with Crippen molar-refractivity contribution in [1.82, 2.24) is 4.57 Å². The van der Waals surface area contributed by atoms with E-state index < -0.39 is 0 Å². The van der Waals surface area contributed by atoms with Gasteiger partial charge in [-0.1, -0.05) is 35.6 Å². The Labute approximate surface area is 149 Å². The number of nitrogens with zero attached hydrogens (tertiary/aromatic N) is 2. The predicted molar refractivity (Wildman–Crippen MR) is 99.1 cm³/mol. The van der Waals surface area contributed by atoms with E-state index in [2.05, 4.69) is 11.6 Å². The zero-order chi connectivity index (χ0) is 17.6. The van der Waals surface area contributed by atoms with E-state index in [9.17, 15) is 4.79 Å². The van der Waals surface area contributed by atoms with E-state index in [4.69, 9.17) is 9.47 Å². The van der Waals surface area contributed by atoms with Crippen LogP contribution in [-0.2, 0) is 11.3 Å². The summed E-state index contributed by atoms with van der Waals surface area (Å²) in [6, 6.07) is 15.1. The number of hydrogen-bond acceptors (Lipinski definition) is 4. The molecule has 0 bridgehead atoms. The van der Waals surface area contributed by atoms with Gasteiger partial charge in [0, 0.05) is 12.6 Å². The maximum absolute atomic E-state index is 12.2. The molecular weight excluding hydrogens is 336 g/mol. The first-order chi connectivity index (χ1) is 12.2. The molecule has 25 heavy (non-hydrogen) atoms. The predicted octanol–water partition coefficient (Wildman–Crippen LogP) is 3.40. The number of allylic oxidation sites excluding steroid dienone is 1. The van der Waals surface area contributed by atoms with Crippen LogP contribution < -0.4 is 14.3 Å². The molecule has 0 aliphatic carbocycles. The molecule has 1 amide bonds. The third-order valence-electron chi connectivity index (χ3n) is 3.52. The number of fused-ring (bicyclic) bond motifs is 1. The van der Waals surface area contributed by atoms with Crippen molar-refractivity contribution in [1.29, 1.82) is 0 Å². The lowest BCUT2D eigenvalue weighted by Crippen LogP contribution is -2.19. The van der Waals surface area contributed by atoms with Crippen LogP contribution >= 0.6 is 11.3 Å². The molecule has 0 aliphatic heterocycles. The third kappa shape index (κ3) is 3.97. The maximum Gasteiger partial charge on any atom is 0.286 e. The van der Waals surface area contributed by atoms with Gasteiger partial charge in [0.05, 0.1) is 17.3 Å². The van der Waals surface area contributed by atoms with Crippen LogP contribution in [0.15, 0.2) is 66.2 Å². The molecular formula is C19H18N2O3S. The lowest BCUT2D eigenvalue weighted by Gasteiger charge is -2.05. The lowest BCUT2D eigenvalue weighted by molar-refractivity contribution is -0.120. The minimum atomic E-state index is -0.341. The van der Waals surface area contributed by atoms with Crippen LogP contribution in [0, 0.1) is 0 Å². The average Bonchev–Trinajstić information content (AvgIpc) is 2.98. The van der Waals surface area contributed by atoms with Gasteiger partial charge in [-0.2, -0.15) is 4.99 Å².